The molecule has 2 aromatic carbocycles. The van der Waals surface area contributed by atoms with E-state index in [2.05, 4.69) is 60.5 Å². The Kier molecular flexibility index (Phi) is 4.81. The highest BCUT2D eigenvalue weighted by atomic mass is 16.5. The lowest BCUT2D eigenvalue weighted by molar-refractivity contribution is -0.146. The zero-order valence-electron chi connectivity index (χ0n) is 16.4. The van der Waals surface area contributed by atoms with Crippen molar-refractivity contribution in [1.82, 2.24) is 0 Å². The number of carbonyl (C=O) groups excluding carboxylic acids is 1. The number of benzene rings is 2. The van der Waals surface area contributed by atoms with Gasteiger partial charge in [-0.1, -0.05) is 32.0 Å². The summed E-state index contributed by atoms with van der Waals surface area (Å²) in [7, 11) is 1.46. The minimum atomic E-state index is -0.106. The number of ether oxygens (including phenoxy) is 1. The topological polar surface area (TPSA) is 41.6 Å². The molecule has 0 bridgehead atoms. The molecule has 0 radical (unpaired) electrons. The fraction of sp³-hybridized carbons (Fsp3) is 0.435. The van der Waals surface area contributed by atoms with Crippen LogP contribution >= 0.6 is 0 Å². The number of anilines is 2. The maximum absolute atomic E-state index is 11.7. The third-order valence-corrected chi connectivity index (χ3v) is 5.77. The minimum Gasteiger partial charge on any atom is -0.469 e. The number of fused-ring (bicyclic) bond motifs is 1. The fourth-order valence-electron chi connectivity index (χ4n) is 4.06. The zero-order valence-corrected chi connectivity index (χ0v) is 16.4. The Morgan fingerprint density at radius 1 is 1.22 bits per heavy atom. The molecule has 0 atom stereocenters. The molecule has 4 rings (SSSR count). The average Bonchev–Trinajstić information content (AvgIpc) is 2.66. The number of methoxy groups -OCH3 is 1. The molecule has 0 saturated carbocycles. The van der Waals surface area contributed by atoms with Crippen LogP contribution in [0.25, 0.3) is 11.1 Å². The van der Waals surface area contributed by atoms with Gasteiger partial charge in [-0.05, 0) is 53.6 Å². The first-order valence-electron chi connectivity index (χ1n) is 9.90. The molecule has 1 fully saturated rings. The predicted molar refractivity (Wildman–Crippen MR) is 110 cm³/mol. The molecular formula is C23H28N2O2. The van der Waals surface area contributed by atoms with Crippen molar-refractivity contribution in [3.05, 3.63) is 47.5 Å². The quantitative estimate of drug-likeness (QED) is 0.814. The second-order valence-corrected chi connectivity index (χ2v) is 7.96. The monoisotopic (exact) mass is 364 g/mol. The molecule has 2 aromatic rings. The molecule has 0 amide bonds. The second kappa shape index (κ2) is 7.26. The third kappa shape index (κ3) is 3.41. The van der Waals surface area contributed by atoms with Gasteiger partial charge < -0.3 is 15.0 Å². The predicted octanol–water partition coefficient (Wildman–Crippen LogP) is 4.44. The van der Waals surface area contributed by atoms with Crippen LogP contribution < -0.4 is 10.2 Å². The summed E-state index contributed by atoms with van der Waals surface area (Å²) in [6.07, 6.45) is 2.33. The summed E-state index contributed by atoms with van der Waals surface area (Å²) >= 11 is 0. The van der Waals surface area contributed by atoms with E-state index in [4.69, 9.17) is 4.74 Å². The molecule has 0 unspecified atom stereocenters. The summed E-state index contributed by atoms with van der Waals surface area (Å²) in [6.45, 7) is 7.01. The Morgan fingerprint density at radius 2 is 2.04 bits per heavy atom. The van der Waals surface area contributed by atoms with Gasteiger partial charge in [0.15, 0.2) is 0 Å². The molecule has 27 heavy (non-hydrogen) atoms. The van der Waals surface area contributed by atoms with Crippen molar-refractivity contribution in [3.63, 3.8) is 0 Å². The number of rotatable bonds is 4. The normalized spacial score (nSPS) is 16.5. The van der Waals surface area contributed by atoms with Crippen molar-refractivity contribution >= 4 is 17.3 Å². The van der Waals surface area contributed by atoms with Crippen LogP contribution in [0.4, 0.5) is 11.4 Å². The van der Waals surface area contributed by atoms with Crippen LogP contribution in [0, 0.1) is 5.92 Å². The molecule has 1 saturated heterocycles. The van der Waals surface area contributed by atoms with Crippen molar-refractivity contribution in [2.24, 2.45) is 5.92 Å². The van der Waals surface area contributed by atoms with Gasteiger partial charge in [-0.15, -0.1) is 0 Å². The average molecular weight is 364 g/mol. The molecule has 142 valence electrons. The largest absolute Gasteiger partial charge is 0.469 e. The molecule has 4 nitrogen and oxygen atoms in total. The number of esters is 1. The Balaban J connectivity index is 1.66. The van der Waals surface area contributed by atoms with E-state index in [1.54, 1.807) is 0 Å². The Morgan fingerprint density at radius 3 is 2.78 bits per heavy atom. The SMILES string of the molecule is COC(=O)C1CN(c2cccc(-c3cc(C(C)C)cc4c3NCCC4)c2)C1. The van der Waals surface area contributed by atoms with E-state index in [0.717, 1.165) is 26.1 Å². The van der Waals surface area contributed by atoms with Crippen molar-refractivity contribution in [2.75, 3.05) is 37.0 Å². The molecule has 0 aromatic heterocycles. The lowest BCUT2D eigenvalue weighted by atomic mass is 9.89. The first kappa shape index (κ1) is 17.9. The molecule has 2 aliphatic heterocycles. The van der Waals surface area contributed by atoms with E-state index in [1.807, 2.05) is 0 Å². The van der Waals surface area contributed by atoms with Crippen LogP contribution in [0.1, 0.15) is 37.3 Å². The van der Waals surface area contributed by atoms with Crippen LogP contribution in [-0.2, 0) is 16.0 Å². The van der Waals surface area contributed by atoms with Crippen LogP contribution in [0.2, 0.25) is 0 Å². The maximum Gasteiger partial charge on any atom is 0.312 e. The first-order valence-corrected chi connectivity index (χ1v) is 9.90. The Labute approximate surface area is 161 Å². The van der Waals surface area contributed by atoms with Crippen LogP contribution in [0.3, 0.4) is 0 Å². The van der Waals surface area contributed by atoms with Gasteiger partial charge >= 0.3 is 5.97 Å². The molecular weight excluding hydrogens is 336 g/mol. The van der Waals surface area contributed by atoms with Crippen molar-refractivity contribution in [3.8, 4) is 11.1 Å². The van der Waals surface area contributed by atoms with Gasteiger partial charge in [0.2, 0.25) is 0 Å². The van der Waals surface area contributed by atoms with E-state index >= 15 is 0 Å². The highest BCUT2D eigenvalue weighted by molar-refractivity contribution is 5.84. The van der Waals surface area contributed by atoms with Gasteiger partial charge in [0, 0.05) is 36.6 Å². The summed E-state index contributed by atoms with van der Waals surface area (Å²) in [6, 6.07) is 13.4. The lowest BCUT2D eigenvalue weighted by Gasteiger charge is -2.39. The molecule has 0 spiro atoms. The van der Waals surface area contributed by atoms with Crippen LogP contribution in [0.15, 0.2) is 36.4 Å². The van der Waals surface area contributed by atoms with Gasteiger partial charge in [-0.3, -0.25) is 4.79 Å². The summed E-state index contributed by atoms with van der Waals surface area (Å²) in [5.74, 6) is 0.401. The lowest BCUT2D eigenvalue weighted by Crippen LogP contribution is -2.50. The molecule has 2 heterocycles. The third-order valence-electron chi connectivity index (χ3n) is 5.77. The summed E-state index contributed by atoms with van der Waals surface area (Å²) in [5.41, 5.74) is 7.83. The molecule has 1 N–H and O–H groups in total. The smallest absolute Gasteiger partial charge is 0.312 e. The van der Waals surface area contributed by atoms with Gasteiger partial charge in [-0.2, -0.15) is 0 Å². The van der Waals surface area contributed by atoms with Gasteiger partial charge in [0.25, 0.3) is 0 Å². The highest BCUT2D eigenvalue weighted by Crippen LogP contribution is 2.38. The summed E-state index contributed by atoms with van der Waals surface area (Å²) in [4.78, 5) is 13.9. The van der Waals surface area contributed by atoms with E-state index in [-0.39, 0.29) is 11.9 Å². The molecule has 4 heteroatoms. The maximum atomic E-state index is 11.7. The van der Waals surface area contributed by atoms with E-state index in [9.17, 15) is 4.79 Å². The standard InChI is InChI=1S/C23H28N2O2/c1-15(2)18-10-17-7-5-9-24-22(17)21(12-18)16-6-4-8-20(11-16)25-13-19(14-25)23(26)27-3/h4,6,8,10-12,15,19,24H,5,7,9,13-14H2,1-3H3. The number of nitrogens with one attached hydrogen (secondary N) is 1. The fourth-order valence-corrected chi connectivity index (χ4v) is 4.06. The summed E-state index contributed by atoms with van der Waals surface area (Å²) < 4.78 is 4.86. The van der Waals surface area contributed by atoms with E-state index in [0.29, 0.717) is 5.92 Å². The minimum absolute atomic E-state index is 0.00245. The number of hydrogen-bond donors (Lipinski definition) is 1. The van der Waals surface area contributed by atoms with Crippen molar-refractivity contribution in [1.29, 1.82) is 0 Å². The number of hydrogen-bond acceptors (Lipinski definition) is 4. The van der Waals surface area contributed by atoms with Gasteiger partial charge in [0.1, 0.15) is 0 Å². The zero-order chi connectivity index (χ0) is 19.0. The van der Waals surface area contributed by atoms with Gasteiger partial charge in [0.05, 0.1) is 13.0 Å². The van der Waals surface area contributed by atoms with Crippen LogP contribution in [0.5, 0.6) is 0 Å². The van der Waals surface area contributed by atoms with Crippen molar-refractivity contribution < 1.29 is 9.53 Å². The van der Waals surface area contributed by atoms with E-state index in [1.165, 1.54) is 47.2 Å². The Bertz CT molecular complexity index is 853. The van der Waals surface area contributed by atoms with Gasteiger partial charge in [-0.25, -0.2) is 0 Å². The number of carbonyl (C=O) groups is 1. The Hall–Kier alpha value is -2.49. The first-order chi connectivity index (χ1) is 13.1. The van der Waals surface area contributed by atoms with Crippen LogP contribution in [-0.4, -0.2) is 32.7 Å². The highest BCUT2D eigenvalue weighted by Gasteiger charge is 2.33. The number of nitrogens with zero attached hydrogens (tertiary/aromatic N) is 1. The summed E-state index contributed by atoms with van der Waals surface area (Å²) in [5, 5.41) is 3.63. The molecule has 2 aliphatic rings. The second-order valence-electron chi connectivity index (χ2n) is 7.96. The van der Waals surface area contributed by atoms with Crippen molar-refractivity contribution in [2.45, 2.75) is 32.6 Å². The number of aryl methyl sites for hydroxylation is 1. The van der Waals surface area contributed by atoms with E-state index < -0.39 is 0 Å². The molecule has 0 aliphatic carbocycles.